The summed E-state index contributed by atoms with van der Waals surface area (Å²) in [7, 11) is 0. The van der Waals surface area contributed by atoms with Gasteiger partial charge in [-0.15, -0.1) is 0 Å². The molecule has 0 aromatic rings. The Hall–Kier alpha value is -0.810. The van der Waals surface area contributed by atoms with Crippen molar-refractivity contribution in [2.45, 2.75) is 78.0 Å². The highest BCUT2D eigenvalue weighted by atomic mass is 16.6. The van der Waals surface area contributed by atoms with Crippen molar-refractivity contribution in [1.82, 2.24) is 10.2 Å². The third kappa shape index (κ3) is 7.99. The Morgan fingerprint density at radius 2 is 1.91 bits per heavy atom. The van der Waals surface area contributed by atoms with Crippen LogP contribution in [-0.2, 0) is 4.74 Å². The maximum atomic E-state index is 12.2. The summed E-state index contributed by atoms with van der Waals surface area (Å²) < 4.78 is 5.41. The van der Waals surface area contributed by atoms with Crippen molar-refractivity contribution in [3.8, 4) is 0 Å². The third-order valence-electron chi connectivity index (χ3n) is 3.97. The van der Waals surface area contributed by atoms with Gasteiger partial charge in [0.1, 0.15) is 5.60 Å². The number of ether oxygens (including phenoxy) is 1. The van der Waals surface area contributed by atoms with Gasteiger partial charge in [-0.3, -0.25) is 0 Å². The molecule has 1 saturated carbocycles. The molecule has 2 N–H and O–H groups in total. The minimum Gasteiger partial charge on any atom is -0.444 e. The molecular formula is C17H34N2O3. The lowest BCUT2D eigenvalue weighted by atomic mass is 9.87. The summed E-state index contributed by atoms with van der Waals surface area (Å²) in [5.41, 5.74) is -0.513. The molecule has 0 aromatic carbocycles. The van der Waals surface area contributed by atoms with Crippen LogP contribution in [0.4, 0.5) is 4.79 Å². The molecule has 22 heavy (non-hydrogen) atoms. The Morgan fingerprint density at radius 3 is 2.41 bits per heavy atom. The summed E-state index contributed by atoms with van der Waals surface area (Å²) in [5.74, 6) is 0.839. The van der Waals surface area contributed by atoms with E-state index >= 15 is 0 Å². The van der Waals surface area contributed by atoms with Gasteiger partial charge >= 0.3 is 6.09 Å². The number of hydrogen-bond donors (Lipinski definition) is 2. The van der Waals surface area contributed by atoms with Gasteiger partial charge in [-0.2, -0.15) is 0 Å². The van der Waals surface area contributed by atoms with Crippen molar-refractivity contribution in [2.75, 3.05) is 19.6 Å². The highest BCUT2D eigenvalue weighted by molar-refractivity contribution is 5.68. The number of carbonyl (C=O) groups is 1. The first-order valence-electron chi connectivity index (χ1n) is 8.56. The molecule has 0 aliphatic heterocycles. The first kappa shape index (κ1) is 19.2. The van der Waals surface area contributed by atoms with Gasteiger partial charge in [-0.05, 0) is 59.3 Å². The van der Waals surface area contributed by atoms with Crippen LogP contribution in [-0.4, -0.2) is 53.5 Å². The Kier molecular flexibility index (Phi) is 7.63. The van der Waals surface area contributed by atoms with Crippen molar-refractivity contribution in [2.24, 2.45) is 5.92 Å². The number of aliphatic hydroxyl groups is 1. The van der Waals surface area contributed by atoms with E-state index in [0.717, 1.165) is 12.5 Å². The maximum absolute atomic E-state index is 12.2. The topological polar surface area (TPSA) is 61.8 Å². The molecule has 1 aliphatic rings. The van der Waals surface area contributed by atoms with Gasteiger partial charge in [0.25, 0.3) is 0 Å². The summed E-state index contributed by atoms with van der Waals surface area (Å²) in [5, 5.41) is 13.1. The van der Waals surface area contributed by atoms with Gasteiger partial charge in [-0.1, -0.05) is 6.92 Å². The van der Waals surface area contributed by atoms with Crippen LogP contribution < -0.4 is 5.32 Å². The second-order valence-corrected chi connectivity index (χ2v) is 7.69. The number of nitrogens with zero attached hydrogens (tertiary/aromatic N) is 1. The van der Waals surface area contributed by atoms with Crippen LogP contribution in [0.5, 0.6) is 0 Å². The lowest BCUT2D eigenvalue weighted by Gasteiger charge is -2.30. The van der Waals surface area contributed by atoms with E-state index in [1.54, 1.807) is 11.8 Å². The molecule has 1 fully saturated rings. The Labute approximate surface area is 135 Å². The molecular weight excluding hydrogens is 280 g/mol. The van der Waals surface area contributed by atoms with Crippen LogP contribution >= 0.6 is 0 Å². The lowest BCUT2D eigenvalue weighted by Crippen LogP contribution is -2.45. The Balaban J connectivity index is 2.39. The zero-order valence-electron chi connectivity index (χ0n) is 14.9. The molecule has 0 aromatic heterocycles. The highest BCUT2D eigenvalue weighted by Crippen LogP contribution is 2.23. The van der Waals surface area contributed by atoms with Gasteiger partial charge in [0, 0.05) is 25.7 Å². The van der Waals surface area contributed by atoms with E-state index in [0.29, 0.717) is 19.1 Å². The molecule has 5 nitrogen and oxygen atoms in total. The fraction of sp³-hybridized carbons (Fsp3) is 0.941. The molecule has 1 atom stereocenters. The van der Waals surface area contributed by atoms with E-state index in [4.69, 9.17) is 4.74 Å². The average Bonchev–Trinajstić information content (AvgIpc) is 2.37. The molecule has 130 valence electrons. The SMILES string of the molecule is CC(O)CN(CCNC1CCC(C)CC1)C(=O)OC(C)(C)C. The van der Waals surface area contributed by atoms with E-state index in [-0.39, 0.29) is 6.09 Å². The van der Waals surface area contributed by atoms with Crippen molar-refractivity contribution in [3.05, 3.63) is 0 Å². The largest absolute Gasteiger partial charge is 0.444 e. The van der Waals surface area contributed by atoms with Crippen LogP contribution in [0.15, 0.2) is 0 Å². The van der Waals surface area contributed by atoms with E-state index < -0.39 is 11.7 Å². The van der Waals surface area contributed by atoms with Crippen molar-refractivity contribution < 1.29 is 14.6 Å². The fourth-order valence-electron chi connectivity index (χ4n) is 2.77. The number of amides is 1. The number of rotatable bonds is 6. The van der Waals surface area contributed by atoms with Gasteiger partial charge in [-0.25, -0.2) is 4.79 Å². The van der Waals surface area contributed by atoms with E-state index in [2.05, 4.69) is 12.2 Å². The summed E-state index contributed by atoms with van der Waals surface area (Å²) in [6.07, 6.45) is 4.08. The summed E-state index contributed by atoms with van der Waals surface area (Å²) in [4.78, 5) is 13.8. The number of carbonyl (C=O) groups excluding carboxylic acids is 1. The van der Waals surface area contributed by atoms with Gasteiger partial charge < -0.3 is 20.1 Å². The maximum Gasteiger partial charge on any atom is 0.410 e. The highest BCUT2D eigenvalue weighted by Gasteiger charge is 2.23. The van der Waals surface area contributed by atoms with Gasteiger partial charge in [0.05, 0.1) is 6.10 Å². The second-order valence-electron chi connectivity index (χ2n) is 7.69. The lowest BCUT2D eigenvalue weighted by molar-refractivity contribution is 0.0162. The monoisotopic (exact) mass is 314 g/mol. The molecule has 0 radical (unpaired) electrons. The van der Waals surface area contributed by atoms with Crippen molar-refractivity contribution in [1.29, 1.82) is 0 Å². The zero-order chi connectivity index (χ0) is 16.8. The Bertz CT molecular complexity index is 331. The van der Waals surface area contributed by atoms with E-state index in [9.17, 15) is 9.90 Å². The molecule has 5 heteroatoms. The number of aliphatic hydroxyl groups excluding tert-OH is 1. The molecule has 0 saturated heterocycles. The quantitative estimate of drug-likeness (QED) is 0.791. The predicted octanol–water partition coefficient (Wildman–Crippen LogP) is 2.77. The van der Waals surface area contributed by atoms with Gasteiger partial charge in [0.2, 0.25) is 0 Å². The van der Waals surface area contributed by atoms with Crippen LogP contribution in [0.2, 0.25) is 0 Å². The summed E-state index contributed by atoms with van der Waals surface area (Å²) >= 11 is 0. The molecule has 1 amide bonds. The molecule has 0 bridgehead atoms. The van der Waals surface area contributed by atoms with Crippen LogP contribution in [0.3, 0.4) is 0 Å². The number of nitrogens with one attached hydrogen (secondary N) is 1. The molecule has 1 aliphatic carbocycles. The first-order valence-corrected chi connectivity index (χ1v) is 8.56. The van der Waals surface area contributed by atoms with E-state index in [1.807, 2.05) is 20.8 Å². The standard InChI is InChI=1S/C17H34N2O3/c1-13-6-8-15(9-7-13)18-10-11-19(12-14(2)20)16(21)22-17(3,4)5/h13-15,18,20H,6-12H2,1-5H3. The Morgan fingerprint density at radius 1 is 1.32 bits per heavy atom. The fourth-order valence-corrected chi connectivity index (χ4v) is 2.77. The molecule has 0 spiro atoms. The van der Waals surface area contributed by atoms with Crippen LogP contribution in [0.25, 0.3) is 0 Å². The van der Waals surface area contributed by atoms with Crippen LogP contribution in [0.1, 0.15) is 60.3 Å². The van der Waals surface area contributed by atoms with Crippen molar-refractivity contribution >= 4 is 6.09 Å². The van der Waals surface area contributed by atoms with E-state index in [1.165, 1.54) is 25.7 Å². The normalized spacial score (nSPS) is 23.9. The number of hydrogen-bond acceptors (Lipinski definition) is 4. The first-order chi connectivity index (χ1) is 10.2. The molecule has 1 unspecified atom stereocenters. The molecule has 0 heterocycles. The predicted molar refractivity (Wildman–Crippen MR) is 88.9 cm³/mol. The average molecular weight is 314 g/mol. The minimum atomic E-state index is -0.553. The third-order valence-corrected chi connectivity index (χ3v) is 3.97. The second kappa shape index (κ2) is 8.73. The van der Waals surface area contributed by atoms with Gasteiger partial charge in [0.15, 0.2) is 0 Å². The zero-order valence-corrected chi connectivity index (χ0v) is 14.9. The smallest absolute Gasteiger partial charge is 0.410 e. The summed E-state index contributed by atoms with van der Waals surface area (Å²) in [6, 6.07) is 0.559. The molecule has 1 rings (SSSR count). The summed E-state index contributed by atoms with van der Waals surface area (Å²) in [6.45, 7) is 11.2. The van der Waals surface area contributed by atoms with Crippen LogP contribution in [0, 0.1) is 5.92 Å². The van der Waals surface area contributed by atoms with Crippen molar-refractivity contribution in [3.63, 3.8) is 0 Å². The minimum absolute atomic E-state index is 0.304.